The molecule has 19 heavy (non-hydrogen) atoms. The van der Waals surface area contributed by atoms with Crippen LogP contribution in [-0.4, -0.2) is 18.1 Å². The first kappa shape index (κ1) is 14.0. The molecule has 1 aromatic carbocycles. The molecular weight excluding hydrogens is 256 g/mol. The maximum Gasteiger partial charge on any atom is 0.119 e. The van der Waals surface area contributed by atoms with Gasteiger partial charge in [0.1, 0.15) is 10.8 Å². The van der Waals surface area contributed by atoms with Crippen molar-refractivity contribution in [3.63, 3.8) is 0 Å². The Morgan fingerprint density at radius 1 is 1.26 bits per heavy atom. The van der Waals surface area contributed by atoms with Gasteiger partial charge in [0.2, 0.25) is 0 Å². The van der Waals surface area contributed by atoms with Crippen LogP contribution in [-0.2, 0) is 5.54 Å². The molecule has 3 nitrogen and oxygen atoms in total. The maximum atomic E-state index is 5.66. The van der Waals surface area contributed by atoms with Crippen LogP contribution in [0.5, 0.6) is 5.75 Å². The third kappa shape index (κ3) is 4.33. The van der Waals surface area contributed by atoms with Gasteiger partial charge < -0.3 is 10.1 Å². The normalized spacial score (nSPS) is 11.5. The summed E-state index contributed by atoms with van der Waals surface area (Å²) in [5, 5.41) is 6.65. The summed E-state index contributed by atoms with van der Waals surface area (Å²) in [6.07, 6.45) is 2.83. The number of nitrogens with one attached hydrogen (secondary N) is 1. The van der Waals surface area contributed by atoms with Crippen LogP contribution < -0.4 is 10.1 Å². The van der Waals surface area contributed by atoms with Crippen molar-refractivity contribution in [2.24, 2.45) is 0 Å². The first-order valence-electron chi connectivity index (χ1n) is 6.51. The molecule has 0 saturated carbocycles. The zero-order valence-corrected chi connectivity index (χ0v) is 12.2. The van der Waals surface area contributed by atoms with E-state index in [0.29, 0.717) is 0 Å². The Morgan fingerprint density at radius 2 is 2.05 bits per heavy atom. The number of nitrogens with zero attached hydrogens (tertiary/aromatic N) is 1. The minimum atomic E-state index is -0.0685. The quantitative estimate of drug-likeness (QED) is 0.787. The smallest absolute Gasteiger partial charge is 0.119 e. The number of thiazole rings is 1. The van der Waals surface area contributed by atoms with E-state index in [4.69, 9.17) is 4.74 Å². The van der Waals surface area contributed by atoms with Crippen molar-refractivity contribution in [2.45, 2.75) is 25.8 Å². The minimum absolute atomic E-state index is 0.0685. The lowest BCUT2D eigenvalue weighted by Gasteiger charge is -2.23. The summed E-state index contributed by atoms with van der Waals surface area (Å²) in [5.74, 6) is 0.932. The summed E-state index contributed by atoms with van der Waals surface area (Å²) >= 11 is 1.69. The molecule has 0 bridgehead atoms. The SMILES string of the molecule is CC(C)(NCCCOc1ccccc1)c1nccs1. The second-order valence-corrected chi connectivity index (χ2v) is 5.80. The fourth-order valence-electron chi connectivity index (χ4n) is 1.79. The Hall–Kier alpha value is -1.39. The Morgan fingerprint density at radius 3 is 2.74 bits per heavy atom. The summed E-state index contributed by atoms with van der Waals surface area (Å²) in [6, 6.07) is 9.92. The molecule has 2 rings (SSSR count). The van der Waals surface area contributed by atoms with E-state index >= 15 is 0 Å². The lowest BCUT2D eigenvalue weighted by molar-refractivity contribution is 0.295. The minimum Gasteiger partial charge on any atom is -0.494 e. The number of hydrogen-bond acceptors (Lipinski definition) is 4. The van der Waals surface area contributed by atoms with Gasteiger partial charge in [-0.15, -0.1) is 11.3 Å². The number of para-hydroxylation sites is 1. The Kier molecular flexibility index (Phi) is 4.93. The van der Waals surface area contributed by atoms with Crippen molar-refractivity contribution in [2.75, 3.05) is 13.2 Å². The maximum absolute atomic E-state index is 5.66. The van der Waals surface area contributed by atoms with Crippen LogP contribution >= 0.6 is 11.3 Å². The molecule has 0 atom stereocenters. The molecule has 0 aliphatic carbocycles. The van der Waals surface area contributed by atoms with E-state index < -0.39 is 0 Å². The molecule has 0 unspecified atom stereocenters. The molecule has 0 aliphatic heterocycles. The van der Waals surface area contributed by atoms with E-state index in [1.54, 1.807) is 11.3 Å². The highest BCUT2D eigenvalue weighted by molar-refractivity contribution is 7.09. The first-order chi connectivity index (χ1) is 9.18. The molecule has 2 aromatic rings. The number of hydrogen-bond donors (Lipinski definition) is 1. The fourth-order valence-corrected chi connectivity index (χ4v) is 2.53. The van der Waals surface area contributed by atoms with Crippen LogP contribution in [0.25, 0.3) is 0 Å². The standard InChI is InChI=1S/C15H20N2OS/c1-15(2,14-16-10-12-19-14)17-9-6-11-18-13-7-4-3-5-8-13/h3-5,7-8,10,12,17H,6,9,11H2,1-2H3. The van der Waals surface area contributed by atoms with Gasteiger partial charge in [-0.3, -0.25) is 0 Å². The Balaban J connectivity index is 1.67. The predicted octanol–water partition coefficient (Wildman–Crippen LogP) is 3.44. The molecular formula is C15H20N2OS. The van der Waals surface area contributed by atoms with Gasteiger partial charge in [-0.05, 0) is 38.9 Å². The summed E-state index contributed by atoms with van der Waals surface area (Å²) < 4.78 is 5.66. The van der Waals surface area contributed by atoms with Gasteiger partial charge in [0.15, 0.2) is 0 Å². The van der Waals surface area contributed by atoms with Crippen LogP contribution in [0.4, 0.5) is 0 Å². The van der Waals surface area contributed by atoms with E-state index in [9.17, 15) is 0 Å². The summed E-state index contributed by atoms with van der Waals surface area (Å²) in [7, 11) is 0. The molecule has 1 aromatic heterocycles. The molecule has 0 amide bonds. The first-order valence-corrected chi connectivity index (χ1v) is 7.39. The van der Waals surface area contributed by atoms with Crippen molar-refractivity contribution in [3.8, 4) is 5.75 Å². The second-order valence-electron chi connectivity index (χ2n) is 4.90. The van der Waals surface area contributed by atoms with Crippen molar-refractivity contribution in [3.05, 3.63) is 46.9 Å². The molecule has 1 N–H and O–H groups in total. The van der Waals surface area contributed by atoms with E-state index in [1.165, 1.54) is 0 Å². The summed E-state index contributed by atoms with van der Waals surface area (Å²) in [4.78, 5) is 4.36. The predicted molar refractivity (Wildman–Crippen MR) is 79.7 cm³/mol. The zero-order chi connectivity index (χ0) is 13.6. The van der Waals surface area contributed by atoms with Gasteiger partial charge in [0.05, 0.1) is 12.1 Å². The molecule has 0 saturated heterocycles. The fraction of sp³-hybridized carbons (Fsp3) is 0.400. The van der Waals surface area contributed by atoms with Gasteiger partial charge in [-0.25, -0.2) is 4.98 Å². The number of benzene rings is 1. The summed E-state index contributed by atoms with van der Waals surface area (Å²) in [5.41, 5.74) is -0.0685. The lowest BCUT2D eigenvalue weighted by Crippen LogP contribution is -2.37. The van der Waals surface area contributed by atoms with Crippen LogP contribution in [0, 0.1) is 0 Å². The average molecular weight is 276 g/mol. The number of aromatic nitrogens is 1. The largest absolute Gasteiger partial charge is 0.494 e. The Bertz CT molecular complexity index is 468. The third-order valence-electron chi connectivity index (χ3n) is 2.87. The molecule has 4 heteroatoms. The van der Waals surface area contributed by atoms with E-state index in [2.05, 4.69) is 24.1 Å². The van der Waals surface area contributed by atoms with Crippen molar-refractivity contribution >= 4 is 11.3 Å². The van der Waals surface area contributed by atoms with Crippen LogP contribution in [0.15, 0.2) is 41.9 Å². The van der Waals surface area contributed by atoms with Crippen LogP contribution in [0.3, 0.4) is 0 Å². The highest BCUT2D eigenvalue weighted by Crippen LogP contribution is 2.21. The van der Waals surface area contributed by atoms with Crippen molar-refractivity contribution in [1.29, 1.82) is 0 Å². The van der Waals surface area contributed by atoms with Gasteiger partial charge in [0, 0.05) is 11.6 Å². The van der Waals surface area contributed by atoms with Crippen LogP contribution in [0.2, 0.25) is 0 Å². The number of rotatable bonds is 7. The van der Waals surface area contributed by atoms with Gasteiger partial charge in [0.25, 0.3) is 0 Å². The lowest BCUT2D eigenvalue weighted by atomic mass is 10.1. The summed E-state index contributed by atoms with van der Waals surface area (Å²) in [6.45, 7) is 5.96. The number of ether oxygens (including phenoxy) is 1. The third-order valence-corrected chi connectivity index (χ3v) is 3.96. The average Bonchev–Trinajstić information content (AvgIpc) is 2.94. The zero-order valence-electron chi connectivity index (χ0n) is 11.4. The molecule has 0 radical (unpaired) electrons. The molecule has 0 spiro atoms. The van der Waals surface area contributed by atoms with Gasteiger partial charge >= 0.3 is 0 Å². The van der Waals surface area contributed by atoms with E-state index in [0.717, 1.165) is 30.3 Å². The van der Waals surface area contributed by atoms with Crippen LogP contribution in [0.1, 0.15) is 25.3 Å². The molecule has 0 fully saturated rings. The van der Waals surface area contributed by atoms with E-state index in [-0.39, 0.29) is 5.54 Å². The molecule has 0 aliphatic rings. The van der Waals surface area contributed by atoms with Crippen molar-refractivity contribution < 1.29 is 4.74 Å². The molecule has 1 heterocycles. The highest BCUT2D eigenvalue weighted by Gasteiger charge is 2.21. The van der Waals surface area contributed by atoms with Gasteiger partial charge in [-0.2, -0.15) is 0 Å². The molecule has 102 valence electrons. The Labute approximate surface area is 118 Å². The van der Waals surface area contributed by atoms with Gasteiger partial charge in [-0.1, -0.05) is 18.2 Å². The van der Waals surface area contributed by atoms with Crippen molar-refractivity contribution in [1.82, 2.24) is 10.3 Å². The van der Waals surface area contributed by atoms with E-state index in [1.807, 2.05) is 41.9 Å². The highest BCUT2D eigenvalue weighted by atomic mass is 32.1. The monoisotopic (exact) mass is 276 g/mol. The second kappa shape index (κ2) is 6.68. The topological polar surface area (TPSA) is 34.1 Å².